The summed E-state index contributed by atoms with van der Waals surface area (Å²) in [4.78, 5) is 2.79. The number of methoxy groups -OCH3 is 1. The number of ether oxygens (including phenoxy) is 1. The molecule has 2 saturated carbocycles. The molecule has 5 rings (SSSR count). The molecule has 2 aliphatic heterocycles. The first kappa shape index (κ1) is 21.2. The molecule has 0 aromatic heterocycles. The maximum atomic E-state index is 5.38. The van der Waals surface area contributed by atoms with E-state index < -0.39 is 0 Å². The number of guanidine groups is 1. The monoisotopic (exact) mass is 424 g/mol. The highest BCUT2D eigenvalue weighted by molar-refractivity contribution is 5.78. The molecule has 0 unspecified atom stereocenters. The van der Waals surface area contributed by atoms with Gasteiger partial charge in [0.25, 0.3) is 0 Å². The van der Waals surface area contributed by atoms with Crippen molar-refractivity contribution in [3.05, 3.63) is 29.8 Å². The second-order valence-corrected chi connectivity index (χ2v) is 10.8. The van der Waals surface area contributed by atoms with Gasteiger partial charge in [-0.05, 0) is 61.1 Å². The van der Waals surface area contributed by atoms with Gasteiger partial charge in [-0.2, -0.15) is 0 Å². The minimum atomic E-state index is 0.585. The first-order valence-electron chi connectivity index (χ1n) is 13.0. The molecule has 1 N–H and O–H groups in total. The molecule has 2 fully saturated rings. The maximum absolute atomic E-state index is 5.38. The number of hydrogen-bond donors (Lipinski definition) is 1. The van der Waals surface area contributed by atoms with Crippen LogP contribution in [-0.4, -0.2) is 54.3 Å². The van der Waals surface area contributed by atoms with E-state index in [-0.39, 0.29) is 0 Å². The van der Waals surface area contributed by atoms with Crippen LogP contribution in [0.3, 0.4) is 0 Å². The van der Waals surface area contributed by atoms with Crippen molar-refractivity contribution in [2.24, 2.45) is 17.8 Å². The standard InChI is InChI=1S/C27H41N3O/c1-20-8-10-22(11-9-20)18-29-24(16-21-12-14-25(31-2)15-13-21)19-30-26(17-28-27(29)30)23-6-4-3-5-7-23/h12-15,20,22-24,26H,3-11,16-19H2,1-2H3/p+1/t20?,22?,24-,26+/m1/s1. The van der Waals surface area contributed by atoms with Crippen molar-refractivity contribution in [3.8, 4) is 5.75 Å². The van der Waals surface area contributed by atoms with Crippen LogP contribution in [0.2, 0.25) is 0 Å². The van der Waals surface area contributed by atoms with Crippen LogP contribution in [0.25, 0.3) is 0 Å². The lowest BCUT2D eigenvalue weighted by Gasteiger charge is -2.31. The SMILES string of the molecule is COc1ccc(C[C@@H]2C[N+]3=C(NC[C@H]3C3CCCCC3)N2CC2CCC(C)CC2)cc1. The summed E-state index contributed by atoms with van der Waals surface area (Å²) in [6.45, 7) is 6.03. The molecule has 4 aliphatic rings. The average Bonchev–Trinajstić information content (AvgIpc) is 3.36. The lowest BCUT2D eigenvalue weighted by atomic mass is 9.82. The molecule has 0 amide bonds. The third-order valence-corrected chi connectivity index (χ3v) is 8.68. The van der Waals surface area contributed by atoms with Gasteiger partial charge in [0, 0.05) is 6.42 Å². The van der Waals surface area contributed by atoms with E-state index in [0.29, 0.717) is 12.1 Å². The summed E-state index contributed by atoms with van der Waals surface area (Å²) in [6, 6.07) is 10.1. The van der Waals surface area contributed by atoms with E-state index in [2.05, 4.69) is 46.0 Å². The topological polar surface area (TPSA) is 27.5 Å². The van der Waals surface area contributed by atoms with Crippen LogP contribution in [0.5, 0.6) is 5.75 Å². The van der Waals surface area contributed by atoms with Crippen LogP contribution in [-0.2, 0) is 6.42 Å². The van der Waals surface area contributed by atoms with Gasteiger partial charge >= 0.3 is 5.96 Å². The fourth-order valence-corrected chi connectivity index (χ4v) is 6.73. The molecule has 4 heteroatoms. The van der Waals surface area contributed by atoms with Gasteiger partial charge in [-0.25, -0.2) is 0 Å². The number of rotatable bonds is 6. The summed E-state index contributed by atoms with van der Waals surface area (Å²) in [5.74, 6) is 5.09. The summed E-state index contributed by atoms with van der Waals surface area (Å²) in [5.41, 5.74) is 1.43. The van der Waals surface area contributed by atoms with Crippen LogP contribution >= 0.6 is 0 Å². The van der Waals surface area contributed by atoms with Gasteiger partial charge in [-0.3, -0.25) is 14.8 Å². The van der Waals surface area contributed by atoms with Crippen LogP contribution in [0, 0.1) is 17.8 Å². The van der Waals surface area contributed by atoms with Gasteiger partial charge in [0.05, 0.1) is 20.2 Å². The highest BCUT2D eigenvalue weighted by Gasteiger charge is 2.48. The van der Waals surface area contributed by atoms with Gasteiger partial charge in [0.2, 0.25) is 0 Å². The Kier molecular flexibility index (Phi) is 6.43. The minimum Gasteiger partial charge on any atom is -0.497 e. The molecule has 31 heavy (non-hydrogen) atoms. The van der Waals surface area contributed by atoms with E-state index in [1.54, 1.807) is 7.11 Å². The van der Waals surface area contributed by atoms with Gasteiger partial charge < -0.3 is 4.74 Å². The lowest BCUT2D eigenvalue weighted by Crippen LogP contribution is -2.47. The normalized spacial score (nSPS) is 31.6. The van der Waals surface area contributed by atoms with Crippen molar-refractivity contribution < 1.29 is 9.31 Å². The van der Waals surface area contributed by atoms with Crippen LogP contribution in [0.1, 0.15) is 70.3 Å². The van der Waals surface area contributed by atoms with E-state index in [9.17, 15) is 0 Å². The van der Waals surface area contributed by atoms with Gasteiger partial charge in [0.1, 0.15) is 24.4 Å². The molecular formula is C27H42N3O+. The Bertz CT molecular complexity index is 759. The quantitative estimate of drug-likeness (QED) is 0.673. The molecule has 2 aliphatic carbocycles. The molecule has 1 aromatic rings. The Hall–Kier alpha value is -1.71. The lowest BCUT2D eigenvalue weighted by molar-refractivity contribution is -0.559. The van der Waals surface area contributed by atoms with Crippen LogP contribution < -0.4 is 10.1 Å². The van der Waals surface area contributed by atoms with E-state index in [0.717, 1.165) is 36.5 Å². The largest absolute Gasteiger partial charge is 0.497 e. The predicted octanol–water partition coefficient (Wildman–Crippen LogP) is 4.67. The molecule has 170 valence electrons. The van der Waals surface area contributed by atoms with Crippen LogP contribution in [0.4, 0.5) is 0 Å². The summed E-state index contributed by atoms with van der Waals surface area (Å²) in [5, 5.41) is 3.90. The fourth-order valence-electron chi connectivity index (χ4n) is 6.73. The minimum absolute atomic E-state index is 0.585. The summed E-state index contributed by atoms with van der Waals surface area (Å²) in [7, 11) is 1.75. The van der Waals surface area contributed by atoms with Gasteiger partial charge in [0.15, 0.2) is 0 Å². The molecule has 2 heterocycles. The molecule has 2 atom stereocenters. The maximum Gasteiger partial charge on any atom is 0.349 e. The van der Waals surface area contributed by atoms with Crippen molar-refractivity contribution in [3.63, 3.8) is 0 Å². The molecule has 1 aromatic carbocycles. The third kappa shape index (κ3) is 4.59. The van der Waals surface area contributed by atoms with Gasteiger partial charge in [-0.1, -0.05) is 51.2 Å². The Morgan fingerprint density at radius 1 is 1.00 bits per heavy atom. The fraction of sp³-hybridized carbons (Fsp3) is 0.741. The summed E-state index contributed by atoms with van der Waals surface area (Å²) in [6.07, 6.45) is 14.0. The second kappa shape index (κ2) is 9.42. The van der Waals surface area contributed by atoms with Crippen molar-refractivity contribution in [2.75, 3.05) is 26.7 Å². The van der Waals surface area contributed by atoms with E-state index >= 15 is 0 Å². The Morgan fingerprint density at radius 2 is 1.74 bits per heavy atom. The predicted molar refractivity (Wildman–Crippen MR) is 127 cm³/mol. The van der Waals surface area contributed by atoms with Crippen molar-refractivity contribution in [2.45, 2.75) is 83.2 Å². The van der Waals surface area contributed by atoms with Crippen LogP contribution in [0.15, 0.2) is 24.3 Å². The number of hydrogen-bond acceptors (Lipinski definition) is 3. The van der Waals surface area contributed by atoms with Gasteiger partial charge in [-0.15, -0.1) is 0 Å². The first-order chi connectivity index (χ1) is 15.2. The van der Waals surface area contributed by atoms with Crippen molar-refractivity contribution in [1.82, 2.24) is 10.2 Å². The van der Waals surface area contributed by atoms with Crippen molar-refractivity contribution in [1.29, 1.82) is 0 Å². The summed E-state index contributed by atoms with van der Waals surface area (Å²) < 4.78 is 8.17. The third-order valence-electron chi connectivity index (χ3n) is 8.68. The van der Waals surface area contributed by atoms with E-state index in [4.69, 9.17) is 4.74 Å². The number of nitrogens with one attached hydrogen (secondary N) is 1. The average molecular weight is 425 g/mol. The second-order valence-electron chi connectivity index (χ2n) is 10.8. The molecule has 0 bridgehead atoms. The highest BCUT2D eigenvalue weighted by atomic mass is 16.5. The highest BCUT2D eigenvalue weighted by Crippen LogP contribution is 2.34. The molecule has 0 spiro atoms. The zero-order chi connectivity index (χ0) is 21.2. The molecule has 0 radical (unpaired) electrons. The first-order valence-corrected chi connectivity index (χ1v) is 13.0. The number of benzene rings is 1. The summed E-state index contributed by atoms with van der Waals surface area (Å²) >= 11 is 0. The van der Waals surface area contributed by atoms with E-state index in [1.807, 2.05) is 0 Å². The zero-order valence-electron chi connectivity index (χ0n) is 19.7. The van der Waals surface area contributed by atoms with E-state index in [1.165, 1.54) is 82.4 Å². The molecule has 4 nitrogen and oxygen atoms in total. The number of nitrogens with zero attached hydrogens (tertiary/aromatic N) is 2. The molecular weight excluding hydrogens is 382 g/mol. The Balaban J connectivity index is 1.33. The molecule has 0 saturated heterocycles. The van der Waals surface area contributed by atoms with Crippen molar-refractivity contribution >= 4 is 5.96 Å². The Labute approximate surface area is 189 Å². The zero-order valence-corrected chi connectivity index (χ0v) is 19.7. The Morgan fingerprint density at radius 3 is 2.45 bits per heavy atom. The smallest absolute Gasteiger partial charge is 0.349 e.